The van der Waals surface area contributed by atoms with Gasteiger partial charge in [-0.1, -0.05) is 18.2 Å². The smallest absolute Gasteiger partial charge is 0.259 e. The number of rotatable bonds is 5. The van der Waals surface area contributed by atoms with E-state index in [0.717, 1.165) is 18.7 Å². The lowest BCUT2D eigenvalue weighted by molar-refractivity contribution is 0.0780. The topological polar surface area (TPSA) is 45.7 Å². The van der Waals surface area contributed by atoms with Crippen LogP contribution in [0.1, 0.15) is 34.0 Å². The van der Waals surface area contributed by atoms with E-state index in [1.165, 1.54) is 11.1 Å². The predicted molar refractivity (Wildman–Crippen MR) is 92.8 cm³/mol. The van der Waals surface area contributed by atoms with Gasteiger partial charge in [0.25, 0.3) is 5.91 Å². The first kappa shape index (κ1) is 16.5. The molecule has 0 aliphatic carbocycles. The van der Waals surface area contributed by atoms with Crippen LogP contribution in [0, 0.1) is 0 Å². The summed E-state index contributed by atoms with van der Waals surface area (Å²) < 4.78 is 5.47. The Bertz CT molecular complexity index is 745. The normalized spacial score (nSPS) is 13.6. The highest BCUT2D eigenvalue weighted by molar-refractivity contribution is 5.96. The van der Waals surface area contributed by atoms with Crippen molar-refractivity contribution in [2.75, 3.05) is 20.7 Å². The third kappa shape index (κ3) is 3.41. The number of nitrogens with zero attached hydrogens (tertiary/aromatic N) is 3. The van der Waals surface area contributed by atoms with Crippen molar-refractivity contribution in [3.05, 3.63) is 58.8 Å². The van der Waals surface area contributed by atoms with Crippen LogP contribution in [0.25, 0.3) is 0 Å². The Hall–Kier alpha value is -2.40. The third-order valence-electron chi connectivity index (χ3n) is 4.20. The molecule has 1 aromatic carbocycles. The lowest BCUT2D eigenvalue weighted by Gasteiger charge is -2.19. The van der Waals surface area contributed by atoms with E-state index >= 15 is 0 Å². The fraction of sp³-hybridized carbons (Fsp3) is 0.368. The summed E-state index contributed by atoms with van der Waals surface area (Å²) >= 11 is 0. The highest BCUT2D eigenvalue weighted by Gasteiger charge is 2.19. The minimum atomic E-state index is -0.0795. The second-order valence-electron chi connectivity index (χ2n) is 6.23. The number of aromatic nitrogens is 1. The van der Waals surface area contributed by atoms with Crippen LogP contribution in [0.2, 0.25) is 0 Å². The monoisotopic (exact) mass is 325 g/mol. The Morgan fingerprint density at radius 3 is 2.88 bits per heavy atom. The van der Waals surface area contributed by atoms with Gasteiger partial charge in [0.15, 0.2) is 0 Å². The van der Waals surface area contributed by atoms with Gasteiger partial charge in [0.2, 0.25) is 5.88 Å². The summed E-state index contributed by atoms with van der Waals surface area (Å²) in [6.07, 6.45) is 1.64. The van der Waals surface area contributed by atoms with Gasteiger partial charge in [-0.3, -0.25) is 9.69 Å². The molecule has 0 bridgehead atoms. The summed E-state index contributed by atoms with van der Waals surface area (Å²) in [4.78, 5) is 20.9. The van der Waals surface area contributed by atoms with E-state index in [-0.39, 0.29) is 5.91 Å². The van der Waals surface area contributed by atoms with Crippen molar-refractivity contribution >= 4 is 5.91 Å². The minimum absolute atomic E-state index is 0.0795. The molecule has 0 saturated carbocycles. The Morgan fingerprint density at radius 2 is 2.08 bits per heavy atom. The van der Waals surface area contributed by atoms with Crippen molar-refractivity contribution in [1.82, 2.24) is 14.8 Å². The Labute approximate surface area is 142 Å². The molecule has 24 heavy (non-hydrogen) atoms. The van der Waals surface area contributed by atoms with Gasteiger partial charge in [0.05, 0.1) is 6.61 Å². The maximum Gasteiger partial charge on any atom is 0.259 e. The molecule has 3 rings (SSSR count). The average Bonchev–Trinajstić information content (AvgIpc) is 2.94. The van der Waals surface area contributed by atoms with Crippen molar-refractivity contribution in [1.29, 1.82) is 0 Å². The van der Waals surface area contributed by atoms with E-state index in [1.807, 2.05) is 14.0 Å². The number of amides is 1. The molecule has 1 amide bonds. The number of ether oxygens (including phenoxy) is 1. The van der Waals surface area contributed by atoms with Crippen LogP contribution in [-0.2, 0) is 19.6 Å². The average molecular weight is 325 g/mol. The molecule has 0 fully saturated rings. The molecule has 0 radical (unpaired) electrons. The van der Waals surface area contributed by atoms with Gasteiger partial charge in [-0.15, -0.1) is 0 Å². The zero-order valence-electron chi connectivity index (χ0n) is 14.5. The molecule has 5 heteroatoms. The molecule has 0 saturated heterocycles. The number of pyridine rings is 1. The second-order valence-corrected chi connectivity index (χ2v) is 6.23. The summed E-state index contributed by atoms with van der Waals surface area (Å²) in [6, 6.07) is 10.00. The molecule has 0 spiro atoms. The van der Waals surface area contributed by atoms with E-state index < -0.39 is 0 Å². The fourth-order valence-corrected chi connectivity index (χ4v) is 3.07. The molecule has 126 valence electrons. The highest BCUT2D eigenvalue weighted by Crippen LogP contribution is 2.23. The van der Waals surface area contributed by atoms with Crippen molar-refractivity contribution < 1.29 is 9.53 Å². The van der Waals surface area contributed by atoms with Gasteiger partial charge < -0.3 is 9.64 Å². The van der Waals surface area contributed by atoms with Gasteiger partial charge in [0.1, 0.15) is 5.56 Å². The summed E-state index contributed by atoms with van der Waals surface area (Å²) in [6.45, 7) is 4.90. The molecule has 2 heterocycles. The number of benzene rings is 1. The van der Waals surface area contributed by atoms with Crippen LogP contribution < -0.4 is 4.74 Å². The SMILES string of the molecule is CCOc1ncccc1C(=O)N(C)Cc1ccc2c(c1)CN(C)C2. The van der Waals surface area contributed by atoms with Gasteiger partial charge in [-0.25, -0.2) is 4.98 Å². The van der Waals surface area contributed by atoms with E-state index in [0.29, 0.717) is 24.6 Å². The lowest BCUT2D eigenvalue weighted by Crippen LogP contribution is -2.27. The molecule has 0 unspecified atom stereocenters. The maximum atomic E-state index is 12.7. The van der Waals surface area contributed by atoms with Crippen LogP contribution in [0.15, 0.2) is 36.5 Å². The van der Waals surface area contributed by atoms with Crippen LogP contribution in [-0.4, -0.2) is 41.4 Å². The van der Waals surface area contributed by atoms with E-state index in [9.17, 15) is 4.79 Å². The summed E-state index contributed by atoms with van der Waals surface area (Å²) in [5, 5.41) is 0. The largest absolute Gasteiger partial charge is 0.477 e. The third-order valence-corrected chi connectivity index (χ3v) is 4.20. The zero-order valence-corrected chi connectivity index (χ0v) is 14.5. The molecule has 0 N–H and O–H groups in total. The molecular formula is C19H23N3O2. The van der Waals surface area contributed by atoms with E-state index in [1.54, 1.807) is 23.2 Å². The molecule has 5 nitrogen and oxygen atoms in total. The standard InChI is InChI=1S/C19H23N3O2/c1-4-24-18-17(6-5-9-20-18)19(23)22(3)11-14-7-8-15-12-21(2)13-16(15)10-14/h5-10H,4,11-13H2,1-3H3. The molecular weight excluding hydrogens is 302 g/mol. The summed E-state index contributed by atoms with van der Waals surface area (Å²) in [5.41, 5.74) is 4.37. The van der Waals surface area contributed by atoms with Gasteiger partial charge in [-0.2, -0.15) is 0 Å². The zero-order chi connectivity index (χ0) is 17.1. The van der Waals surface area contributed by atoms with Crippen LogP contribution in [0.4, 0.5) is 0 Å². The van der Waals surface area contributed by atoms with Crippen molar-refractivity contribution in [3.8, 4) is 5.88 Å². The number of fused-ring (bicyclic) bond motifs is 1. The Kier molecular flexibility index (Phi) is 4.81. The van der Waals surface area contributed by atoms with Crippen LogP contribution in [0.3, 0.4) is 0 Å². The molecule has 1 aliphatic heterocycles. The van der Waals surface area contributed by atoms with Crippen molar-refractivity contribution in [2.45, 2.75) is 26.6 Å². The van der Waals surface area contributed by atoms with Gasteiger partial charge in [-0.05, 0) is 42.8 Å². The van der Waals surface area contributed by atoms with Crippen LogP contribution >= 0.6 is 0 Å². The van der Waals surface area contributed by atoms with Crippen LogP contribution in [0.5, 0.6) is 5.88 Å². The highest BCUT2D eigenvalue weighted by atomic mass is 16.5. The lowest BCUT2D eigenvalue weighted by atomic mass is 10.1. The quantitative estimate of drug-likeness (QED) is 0.848. The number of hydrogen-bond donors (Lipinski definition) is 0. The number of carbonyl (C=O) groups is 1. The van der Waals surface area contributed by atoms with Crippen molar-refractivity contribution in [2.24, 2.45) is 0 Å². The Balaban J connectivity index is 1.74. The van der Waals surface area contributed by atoms with E-state index in [4.69, 9.17) is 4.74 Å². The molecule has 1 aliphatic rings. The molecule has 0 atom stereocenters. The van der Waals surface area contributed by atoms with E-state index in [2.05, 4.69) is 35.1 Å². The van der Waals surface area contributed by atoms with Gasteiger partial charge >= 0.3 is 0 Å². The second kappa shape index (κ2) is 7.01. The summed E-state index contributed by atoms with van der Waals surface area (Å²) in [7, 11) is 3.93. The fourth-order valence-electron chi connectivity index (χ4n) is 3.07. The Morgan fingerprint density at radius 1 is 1.29 bits per heavy atom. The first-order valence-corrected chi connectivity index (χ1v) is 8.21. The summed E-state index contributed by atoms with van der Waals surface area (Å²) in [5.74, 6) is 0.316. The minimum Gasteiger partial charge on any atom is -0.477 e. The molecule has 2 aromatic rings. The maximum absolute atomic E-state index is 12.7. The van der Waals surface area contributed by atoms with Crippen molar-refractivity contribution in [3.63, 3.8) is 0 Å². The van der Waals surface area contributed by atoms with Gasteiger partial charge in [0, 0.05) is 32.9 Å². The first-order chi connectivity index (χ1) is 11.6. The first-order valence-electron chi connectivity index (χ1n) is 8.21. The number of carbonyl (C=O) groups excluding carboxylic acids is 1. The predicted octanol–water partition coefficient (Wildman–Crippen LogP) is 2.70. The molecule has 1 aromatic heterocycles. The number of hydrogen-bond acceptors (Lipinski definition) is 4.